The average Bonchev–Trinajstić information content (AvgIpc) is 2.49. The van der Waals surface area contributed by atoms with Gasteiger partial charge in [0, 0.05) is 5.39 Å². The number of benzene rings is 2. The van der Waals surface area contributed by atoms with E-state index in [2.05, 4.69) is 11.1 Å². The van der Waals surface area contributed by atoms with Crippen LogP contribution in [0.4, 0.5) is 0 Å². The number of nitriles is 1. The van der Waals surface area contributed by atoms with Crippen molar-refractivity contribution in [1.82, 2.24) is 4.98 Å². The highest BCUT2D eigenvalue weighted by molar-refractivity contribution is 5.81. The van der Waals surface area contributed by atoms with Gasteiger partial charge in [0.1, 0.15) is 17.4 Å². The number of fused-ring (bicyclic) bond motifs is 1. The van der Waals surface area contributed by atoms with Crippen LogP contribution in [0.15, 0.2) is 54.6 Å². The smallest absolute Gasteiger partial charge is 0.237 e. The normalized spacial score (nSPS) is 10.2. The first-order chi connectivity index (χ1) is 9.78. The van der Waals surface area contributed by atoms with Gasteiger partial charge in [-0.3, -0.25) is 0 Å². The fourth-order valence-corrected chi connectivity index (χ4v) is 2.03. The third-order valence-corrected chi connectivity index (χ3v) is 3.11. The van der Waals surface area contributed by atoms with Crippen LogP contribution in [0.1, 0.15) is 11.1 Å². The molecule has 0 radical (unpaired) electrons. The topological polar surface area (TPSA) is 45.9 Å². The summed E-state index contributed by atoms with van der Waals surface area (Å²) in [5, 5.41) is 10.2. The molecule has 0 amide bonds. The van der Waals surface area contributed by atoms with Crippen LogP contribution in [0.2, 0.25) is 0 Å². The first-order valence-electron chi connectivity index (χ1n) is 6.31. The quantitative estimate of drug-likeness (QED) is 0.693. The van der Waals surface area contributed by atoms with Gasteiger partial charge in [0.15, 0.2) is 0 Å². The van der Waals surface area contributed by atoms with Crippen molar-refractivity contribution in [2.75, 3.05) is 0 Å². The number of hydrogen-bond acceptors (Lipinski definition) is 3. The summed E-state index contributed by atoms with van der Waals surface area (Å²) in [6.45, 7) is 1.96. The highest BCUT2D eigenvalue weighted by Gasteiger charge is 2.10. The summed E-state index contributed by atoms with van der Waals surface area (Å²) in [6.07, 6.45) is 0. The second kappa shape index (κ2) is 5.02. The molecule has 0 aliphatic carbocycles. The molecule has 0 aliphatic heterocycles. The van der Waals surface area contributed by atoms with Gasteiger partial charge in [-0.15, -0.1) is 0 Å². The molecule has 0 spiro atoms. The molecular weight excluding hydrogens is 248 g/mol. The number of rotatable bonds is 2. The number of hydrogen-bond donors (Lipinski definition) is 0. The Balaban J connectivity index is 2.11. The van der Waals surface area contributed by atoms with Gasteiger partial charge >= 0.3 is 0 Å². The largest absolute Gasteiger partial charge is 0.437 e. The van der Waals surface area contributed by atoms with Crippen molar-refractivity contribution in [2.45, 2.75) is 6.92 Å². The van der Waals surface area contributed by atoms with Gasteiger partial charge in [-0.1, -0.05) is 36.4 Å². The Morgan fingerprint density at radius 3 is 2.60 bits per heavy atom. The molecule has 0 unspecified atom stereocenters. The maximum Gasteiger partial charge on any atom is 0.237 e. The predicted molar refractivity (Wildman–Crippen MR) is 77.7 cm³/mol. The van der Waals surface area contributed by atoms with Gasteiger partial charge in [0.25, 0.3) is 0 Å². The van der Waals surface area contributed by atoms with E-state index in [1.807, 2.05) is 55.5 Å². The van der Waals surface area contributed by atoms with Gasteiger partial charge in [-0.25, -0.2) is 4.98 Å². The lowest BCUT2D eigenvalue weighted by atomic mass is 10.1. The molecule has 2 aromatic carbocycles. The minimum Gasteiger partial charge on any atom is -0.437 e. The van der Waals surface area contributed by atoms with Crippen molar-refractivity contribution < 1.29 is 4.74 Å². The molecule has 3 aromatic rings. The fourth-order valence-electron chi connectivity index (χ4n) is 2.03. The Bertz CT molecular complexity index is 819. The molecule has 0 atom stereocenters. The molecule has 0 N–H and O–H groups in total. The van der Waals surface area contributed by atoms with Gasteiger partial charge in [0.05, 0.1) is 5.52 Å². The number of para-hydroxylation sites is 2. The Labute approximate surface area is 117 Å². The van der Waals surface area contributed by atoms with Crippen molar-refractivity contribution >= 4 is 10.9 Å². The molecule has 3 heteroatoms. The van der Waals surface area contributed by atoms with E-state index >= 15 is 0 Å². The van der Waals surface area contributed by atoms with Gasteiger partial charge < -0.3 is 4.74 Å². The van der Waals surface area contributed by atoms with Crippen molar-refractivity contribution in [1.29, 1.82) is 5.26 Å². The maximum absolute atomic E-state index is 9.26. The van der Waals surface area contributed by atoms with Gasteiger partial charge in [-0.2, -0.15) is 5.26 Å². The molecule has 0 fully saturated rings. The molecule has 0 saturated heterocycles. The summed E-state index contributed by atoms with van der Waals surface area (Å²) >= 11 is 0. The average molecular weight is 260 g/mol. The van der Waals surface area contributed by atoms with E-state index in [-0.39, 0.29) is 0 Å². The zero-order valence-electron chi connectivity index (χ0n) is 11.0. The SMILES string of the molecule is Cc1ccccc1Oc1nc2ccccc2cc1C#N. The van der Waals surface area contributed by atoms with Crippen molar-refractivity contribution in [3.63, 3.8) is 0 Å². The zero-order chi connectivity index (χ0) is 13.9. The lowest BCUT2D eigenvalue weighted by Crippen LogP contribution is -1.94. The second-order valence-electron chi connectivity index (χ2n) is 4.51. The van der Waals surface area contributed by atoms with E-state index in [0.29, 0.717) is 17.2 Å². The Morgan fingerprint density at radius 2 is 1.80 bits per heavy atom. The number of ether oxygens (including phenoxy) is 1. The van der Waals surface area contributed by atoms with E-state index in [4.69, 9.17) is 4.74 Å². The van der Waals surface area contributed by atoms with Crippen LogP contribution in [0.3, 0.4) is 0 Å². The fraction of sp³-hybridized carbons (Fsp3) is 0.0588. The molecule has 20 heavy (non-hydrogen) atoms. The predicted octanol–water partition coefficient (Wildman–Crippen LogP) is 4.21. The van der Waals surface area contributed by atoms with E-state index in [0.717, 1.165) is 16.5 Å². The summed E-state index contributed by atoms with van der Waals surface area (Å²) in [6, 6.07) is 19.3. The summed E-state index contributed by atoms with van der Waals surface area (Å²) in [4.78, 5) is 4.44. The molecule has 0 bridgehead atoms. The van der Waals surface area contributed by atoms with Crippen molar-refractivity contribution in [3.8, 4) is 17.7 Å². The number of aromatic nitrogens is 1. The summed E-state index contributed by atoms with van der Waals surface area (Å²) < 4.78 is 5.81. The van der Waals surface area contributed by atoms with Crippen LogP contribution in [0.25, 0.3) is 10.9 Å². The van der Waals surface area contributed by atoms with Crippen LogP contribution in [0.5, 0.6) is 11.6 Å². The molecule has 0 aliphatic rings. The van der Waals surface area contributed by atoms with Crippen molar-refractivity contribution in [2.24, 2.45) is 0 Å². The molecular formula is C17H12N2O. The molecule has 3 rings (SSSR count). The first kappa shape index (κ1) is 12.2. The molecule has 1 aromatic heterocycles. The molecule has 1 heterocycles. The van der Waals surface area contributed by atoms with Gasteiger partial charge in [-0.05, 0) is 30.7 Å². The van der Waals surface area contributed by atoms with Gasteiger partial charge in [0.2, 0.25) is 5.88 Å². The van der Waals surface area contributed by atoms with Crippen LogP contribution >= 0.6 is 0 Å². The molecule has 3 nitrogen and oxygen atoms in total. The van der Waals surface area contributed by atoms with Crippen LogP contribution < -0.4 is 4.74 Å². The summed E-state index contributed by atoms with van der Waals surface area (Å²) in [5.74, 6) is 1.06. The van der Waals surface area contributed by atoms with E-state index < -0.39 is 0 Å². The number of aryl methyl sites for hydroxylation is 1. The Morgan fingerprint density at radius 1 is 1.05 bits per heavy atom. The highest BCUT2D eigenvalue weighted by Crippen LogP contribution is 2.28. The summed E-state index contributed by atoms with van der Waals surface area (Å²) in [5.41, 5.74) is 2.26. The number of nitrogens with zero attached hydrogens (tertiary/aromatic N) is 2. The first-order valence-corrected chi connectivity index (χ1v) is 6.31. The minimum atomic E-state index is 0.348. The molecule has 0 saturated carbocycles. The van der Waals surface area contributed by atoms with Crippen LogP contribution in [-0.2, 0) is 0 Å². The third-order valence-electron chi connectivity index (χ3n) is 3.11. The maximum atomic E-state index is 9.26. The second-order valence-corrected chi connectivity index (χ2v) is 4.51. The summed E-state index contributed by atoms with van der Waals surface area (Å²) in [7, 11) is 0. The minimum absolute atomic E-state index is 0.348. The Hall–Kier alpha value is -2.86. The zero-order valence-corrected chi connectivity index (χ0v) is 11.0. The van der Waals surface area contributed by atoms with Crippen LogP contribution in [-0.4, -0.2) is 4.98 Å². The lowest BCUT2D eigenvalue weighted by Gasteiger charge is -2.09. The van der Waals surface area contributed by atoms with E-state index in [1.54, 1.807) is 6.07 Å². The Kier molecular flexibility index (Phi) is 3.06. The van der Waals surface area contributed by atoms with Crippen molar-refractivity contribution in [3.05, 3.63) is 65.7 Å². The van der Waals surface area contributed by atoms with E-state index in [1.165, 1.54) is 0 Å². The standard InChI is InChI=1S/C17H12N2O/c1-12-6-2-5-9-16(12)20-17-14(11-18)10-13-7-3-4-8-15(13)19-17/h2-10H,1H3. The number of pyridine rings is 1. The van der Waals surface area contributed by atoms with E-state index in [9.17, 15) is 5.26 Å². The van der Waals surface area contributed by atoms with Crippen LogP contribution in [0, 0.1) is 18.3 Å². The lowest BCUT2D eigenvalue weighted by molar-refractivity contribution is 0.460. The molecule has 96 valence electrons. The third kappa shape index (κ3) is 2.19. The monoisotopic (exact) mass is 260 g/mol. The highest BCUT2D eigenvalue weighted by atomic mass is 16.5.